The van der Waals surface area contributed by atoms with E-state index in [2.05, 4.69) is 10.5 Å². The largest absolute Gasteiger partial charge is 0.493 e. The van der Waals surface area contributed by atoms with E-state index in [1.54, 1.807) is 25.3 Å². The molecule has 23 heavy (non-hydrogen) atoms. The number of carbonyl (C=O) groups is 1. The third kappa shape index (κ3) is 5.67. The van der Waals surface area contributed by atoms with Crippen molar-refractivity contribution in [2.75, 3.05) is 13.7 Å². The van der Waals surface area contributed by atoms with E-state index in [4.69, 9.17) is 9.47 Å². The standard InChI is InChI=1S/C18H18N2O3/c1-22-16-11-5-6-12-17(16)23-14-18(21)20-19-13-7-10-15-8-3-2-4-9-15/h2-13H,14H2,1H3,(H,20,21)/b10-7+,19-13+. The Morgan fingerprint density at radius 1 is 1.09 bits per heavy atom. The molecule has 0 aliphatic rings. The zero-order valence-electron chi connectivity index (χ0n) is 12.8. The van der Waals surface area contributed by atoms with Crippen molar-refractivity contribution in [3.05, 3.63) is 66.2 Å². The van der Waals surface area contributed by atoms with E-state index in [-0.39, 0.29) is 12.5 Å². The summed E-state index contributed by atoms with van der Waals surface area (Å²) in [7, 11) is 1.55. The van der Waals surface area contributed by atoms with Gasteiger partial charge in [0.15, 0.2) is 18.1 Å². The van der Waals surface area contributed by atoms with E-state index in [0.29, 0.717) is 11.5 Å². The van der Waals surface area contributed by atoms with Crippen LogP contribution in [0, 0.1) is 0 Å². The fourth-order valence-electron chi connectivity index (χ4n) is 1.78. The zero-order valence-corrected chi connectivity index (χ0v) is 12.8. The van der Waals surface area contributed by atoms with Gasteiger partial charge in [0.05, 0.1) is 7.11 Å². The van der Waals surface area contributed by atoms with Crippen molar-refractivity contribution in [1.82, 2.24) is 5.43 Å². The smallest absolute Gasteiger partial charge is 0.277 e. The van der Waals surface area contributed by atoms with Crippen LogP contribution in [0.2, 0.25) is 0 Å². The molecule has 118 valence electrons. The molecule has 5 heteroatoms. The van der Waals surface area contributed by atoms with Crippen molar-refractivity contribution in [3.63, 3.8) is 0 Å². The number of hydrogen-bond donors (Lipinski definition) is 1. The van der Waals surface area contributed by atoms with Crippen LogP contribution >= 0.6 is 0 Å². The summed E-state index contributed by atoms with van der Waals surface area (Å²) in [5.74, 6) is 0.743. The first-order valence-electron chi connectivity index (χ1n) is 7.09. The summed E-state index contributed by atoms with van der Waals surface area (Å²) in [4.78, 5) is 11.6. The Hall–Kier alpha value is -3.08. The van der Waals surface area contributed by atoms with E-state index in [1.807, 2.05) is 48.5 Å². The van der Waals surface area contributed by atoms with Crippen LogP contribution in [-0.4, -0.2) is 25.8 Å². The summed E-state index contributed by atoms with van der Waals surface area (Å²) in [6.07, 6.45) is 5.14. The fourth-order valence-corrected chi connectivity index (χ4v) is 1.78. The van der Waals surface area contributed by atoms with Crippen LogP contribution in [0.3, 0.4) is 0 Å². The van der Waals surface area contributed by atoms with Crippen LogP contribution in [0.15, 0.2) is 65.8 Å². The maximum Gasteiger partial charge on any atom is 0.277 e. The molecular formula is C18H18N2O3. The molecule has 5 nitrogen and oxygen atoms in total. The molecular weight excluding hydrogens is 292 g/mol. The molecule has 0 atom stereocenters. The number of amides is 1. The van der Waals surface area contributed by atoms with E-state index in [9.17, 15) is 4.79 Å². The molecule has 0 aliphatic heterocycles. The summed E-state index contributed by atoms with van der Waals surface area (Å²) >= 11 is 0. The Bertz CT molecular complexity index is 682. The molecule has 2 aromatic rings. The number of rotatable bonds is 7. The molecule has 0 spiro atoms. The van der Waals surface area contributed by atoms with Gasteiger partial charge in [-0.05, 0) is 23.8 Å². The number of allylic oxidation sites excluding steroid dienone is 1. The van der Waals surface area contributed by atoms with Crippen molar-refractivity contribution in [2.24, 2.45) is 5.10 Å². The number of methoxy groups -OCH3 is 1. The lowest BCUT2D eigenvalue weighted by Gasteiger charge is -2.08. The summed E-state index contributed by atoms with van der Waals surface area (Å²) in [5.41, 5.74) is 3.45. The minimum atomic E-state index is -0.347. The minimum Gasteiger partial charge on any atom is -0.493 e. The minimum absolute atomic E-state index is 0.139. The number of hydrazone groups is 1. The summed E-state index contributed by atoms with van der Waals surface area (Å²) in [6, 6.07) is 16.9. The molecule has 0 saturated heterocycles. The lowest BCUT2D eigenvalue weighted by atomic mass is 10.2. The van der Waals surface area contributed by atoms with Crippen molar-refractivity contribution < 1.29 is 14.3 Å². The Labute approximate surface area is 135 Å². The van der Waals surface area contributed by atoms with Gasteiger partial charge in [-0.1, -0.05) is 48.5 Å². The number of para-hydroxylation sites is 2. The maximum atomic E-state index is 11.6. The Morgan fingerprint density at radius 3 is 2.52 bits per heavy atom. The molecule has 0 bridgehead atoms. The topological polar surface area (TPSA) is 59.9 Å². The van der Waals surface area contributed by atoms with Crippen molar-refractivity contribution >= 4 is 18.2 Å². The molecule has 0 aliphatic carbocycles. The highest BCUT2D eigenvalue weighted by Gasteiger charge is 2.05. The highest BCUT2D eigenvalue weighted by molar-refractivity contribution is 5.82. The van der Waals surface area contributed by atoms with Crippen molar-refractivity contribution in [2.45, 2.75) is 0 Å². The predicted octanol–water partition coefficient (Wildman–Crippen LogP) is 2.89. The van der Waals surface area contributed by atoms with Gasteiger partial charge in [-0.2, -0.15) is 5.10 Å². The van der Waals surface area contributed by atoms with Gasteiger partial charge in [0.2, 0.25) is 0 Å². The highest BCUT2D eigenvalue weighted by Crippen LogP contribution is 2.25. The number of carbonyl (C=O) groups excluding carboxylic acids is 1. The van der Waals surface area contributed by atoms with E-state index >= 15 is 0 Å². The Morgan fingerprint density at radius 2 is 1.78 bits per heavy atom. The number of benzene rings is 2. The molecule has 0 unspecified atom stereocenters. The molecule has 0 fully saturated rings. The van der Waals surface area contributed by atoms with Crippen molar-refractivity contribution in [3.8, 4) is 11.5 Å². The normalized spacial score (nSPS) is 10.8. The molecule has 1 N–H and O–H groups in total. The Kier molecular flexibility index (Phi) is 6.41. The second kappa shape index (κ2) is 9.04. The summed E-state index contributed by atoms with van der Waals surface area (Å²) < 4.78 is 10.5. The first kappa shape index (κ1) is 16.3. The third-order valence-electron chi connectivity index (χ3n) is 2.87. The molecule has 0 aromatic heterocycles. The monoisotopic (exact) mass is 310 g/mol. The number of hydrogen-bond acceptors (Lipinski definition) is 4. The second-order valence-electron chi connectivity index (χ2n) is 4.52. The summed E-state index contributed by atoms with van der Waals surface area (Å²) in [6.45, 7) is -0.139. The van der Waals surface area contributed by atoms with Crippen LogP contribution in [-0.2, 0) is 4.79 Å². The lowest BCUT2D eigenvalue weighted by Crippen LogP contribution is -2.24. The van der Waals surface area contributed by atoms with Gasteiger partial charge < -0.3 is 9.47 Å². The van der Waals surface area contributed by atoms with Gasteiger partial charge >= 0.3 is 0 Å². The average molecular weight is 310 g/mol. The van der Waals surface area contributed by atoms with Gasteiger partial charge in [-0.15, -0.1) is 0 Å². The predicted molar refractivity (Wildman–Crippen MR) is 90.6 cm³/mol. The van der Waals surface area contributed by atoms with E-state index < -0.39 is 0 Å². The first-order valence-corrected chi connectivity index (χ1v) is 7.09. The lowest BCUT2D eigenvalue weighted by molar-refractivity contribution is -0.123. The van der Waals surface area contributed by atoms with Gasteiger partial charge in [-0.25, -0.2) is 5.43 Å². The van der Waals surface area contributed by atoms with E-state index in [1.165, 1.54) is 6.21 Å². The average Bonchev–Trinajstić information content (AvgIpc) is 2.60. The molecule has 0 heterocycles. The van der Waals surface area contributed by atoms with Crippen LogP contribution in [0.5, 0.6) is 11.5 Å². The van der Waals surface area contributed by atoms with Crippen LogP contribution in [0.1, 0.15) is 5.56 Å². The fraction of sp³-hybridized carbons (Fsp3) is 0.111. The van der Waals surface area contributed by atoms with Crippen molar-refractivity contribution in [1.29, 1.82) is 0 Å². The molecule has 2 rings (SSSR count). The van der Waals surface area contributed by atoms with E-state index in [0.717, 1.165) is 5.56 Å². The zero-order chi connectivity index (χ0) is 16.3. The number of nitrogens with zero attached hydrogens (tertiary/aromatic N) is 1. The van der Waals surface area contributed by atoms with Crippen LogP contribution in [0.25, 0.3) is 6.08 Å². The Balaban J connectivity index is 1.75. The van der Waals surface area contributed by atoms with Gasteiger partial charge in [0, 0.05) is 6.21 Å². The van der Waals surface area contributed by atoms with Gasteiger partial charge in [0.25, 0.3) is 5.91 Å². The summed E-state index contributed by atoms with van der Waals surface area (Å²) in [5, 5.41) is 3.82. The molecule has 2 aromatic carbocycles. The molecule has 1 amide bonds. The first-order chi connectivity index (χ1) is 11.3. The van der Waals surface area contributed by atoms with Gasteiger partial charge in [0.1, 0.15) is 0 Å². The molecule has 0 saturated carbocycles. The van der Waals surface area contributed by atoms with Gasteiger partial charge in [-0.3, -0.25) is 4.79 Å². The number of nitrogens with one attached hydrogen (secondary N) is 1. The maximum absolute atomic E-state index is 11.6. The van der Waals surface area contributed by atoms with Crippen LogP contribution in [0.4, 0.5) is 0 Å². The second-order valence-corrected chi connectivity index (χ2v) is 4.52. The third-order valence-corrected chi connectivity index (χ3v) is 2.87. The van der Waals surface area contributed by atoms with Crippen LogP contribution < -0.4 is 14.9 Å². The SMILES string of the molecule is COc1ccccc1OCC(=O)N/N=C/C=C/c1ccccc1. The highest BCUT2D eigenvalue weighted by atomic mass is 16.5. The number of ether oxygens (including phenoxy) is 2. The quantitative estimate of drug-likeness (QED) is 0.632. The molecule has 0 radical (unpaired) electrons.